The molecule has 0 aliphatic carbocycles. The quantitative estimate of drug-likeness (QED) is 0.643. The first-order valence-electron chi connectivity index (χ1n) is 8.15. The molecule has 2 aromatic heterocycles. The van der Waals surface area contributed by atoms with Gasteiger partial charge in [-0.1, -0.05) is 23.4 Å². The summed E-state index contributed by atoms with van der Waals surface area (Å²) >= 11 is 7.24. The Bertz CT molecular complexity index is 882. The third kappa shape index (κ3) is 4.23. The first kappa shape index (κ1) is 18.4. The van der Waals surface area contributed by atoms with Crippen molar-refractivity contribution in [3.8, 4) is 11.4 Å². The minimum Gasteiger partial charge on any atom is -0.325 e. The number of amides is 1. The van der Waals surface area contributed by atoms with Crippen LogP contribution in [0.25, 0.3) is 11.4 Å². The summed E-state index contributed by atoms with van der Waals surface area (Å²) in [6.07, 6.45) is 3.44. The smallest absolute Gasteiger partial charge is 0.237 e. The van der Waals surface area contributed by atoms with E-state index in [9.17, 15) is 4.79 Å². The van der Waals surface area contributed by atoms with Crippen molar-refractivity contribution in [3.05, 3.63) is 53.8 Å². The lowest BCUT2D eigenvalue weighted by Crippen LogP contribution is -2.22. The molecule has 0 bridgehead atoms. The number of hydrogen-bond donors (Lipinski definition) is 1. The molecule has 6 nitrogen and oxygen atoms in total. The molecule has 1 atom stereocenters. The molecule has 134 valence electrons. The van der Waals surface area contributed by atoms with Crippen molar-refractivity contribution in [1.29, 1.82) is 0 Å². The van der Waals surface area contributed by atoms with Gasteiger partial charge in [0.1, 0.15) is 0 Å². The van der Waals surface area contributed by atoms with E-state index in [1.54, 1.807) is 36.7 Å². The van der Waals surface area contributed by atoms with E-state index in [4.69, 9.17) is 11.6 Å². The fourth-order valence-corrected chi connectivity index (χ4v) is 3.40. The average molecular weight is 388 g/mol. The predicted octanol–water partition coefficient (Wildman–Crippen LogP) is 4.13. The SMILES string of the molecule is CCn1c(S[C@@H](C)C(=O)Nc2ccc(Cl)cc2)nnc1-c1ccncc1. The summed E-state index contributed by atoms with van der Waals surface area (Å²) in [5, 5.41) is 12.4. The highest BCUT2D eigenvalue weighted by molar-refractivity contribution is 8.00. The molecule has 0 saturated carbocycles. The van der Waals surface area contributed by atoms with Crippen LogP contribution in [0.5, 0.6) is 0 Å². The number of nitrogens with zero attached hydrogens (tertiary/aromatic N) is 4. The molecule has 0 aliphatic heterocycles. The van der Waals surface area contributed by atoms with Gasteiger partial charge >= 0.3 is 0 Å². The Morgan fingerprint density at radius 2 is 1.88 bits per heavy atom. The number of benzene rings is 1. The van der Waals surface area contributed by atoms with Crippen LogP contribution in [0.1, 0.15) is 13.8 Å². The van der Waals surface area contributed by atoms with E-state index in [1.165, 1.54) is 11.8 Å². The van der Waals surface area contributed by atoms with E-state index in [2.05, 4.69) is 20.5 Å². The van der Waals surface area contributed by atoms with Gasteiger partial charge in [0.15, 0.2) is 11.0 Å². The molecular formula is C18H18ClN5OS. The first-order chi connectivity index (χ1) is 12.6. The second-order valence-electron chi connectivity index (χ2n) is 5.54. The Morgan fingerprint density at radius 3 is 2.54 bits per heavy atom. The number of carbonyl (C=O) groups is 1. The maximum Gasteiger partial charge on any atom is 0.237 e. The molecule has 26 heavy (non-hydrogen) atoms. The summed E-state index contributed by atoms with van der Waals surface area (Å²) in [4.78, 5) is 16.5. The third-order valence-electron chi connectivity index (χ3n) is 3.73. The standard InChI is InChI=1S/C18H18ClN5OS/c1-3-24-16(13-8-10-20-11-9-13)22-23-18(24)26-12(2)17(25)21-15-6-4-14(19)5-7-15/h4-12H,3H2,1-2H3,(H,21,25)/t12-/m0/s1. The van der Waals surface area contributed by atoms with Crippen LogP contribution in [-0.2, 0) is 11.3 Å². The highest BCUT2D eigenvalue weighted by Gasteiger charge is 2.20. The van der Waals surface area contributed by atoms with Gasteiger partial charge in [0.2, 0.25) is 5.91 Å². The summed E-state index contributed by atoms with van der Waals surface area (Å²) in [5.41, 5.74) is 1.65. The van der Waals surface area contributed by atoms with Crippen LogP contribution in [0.2, 0.25) is 5.02 Å². The van der Waals surface area contributed by atoms with Crippen molar-refractivity contribution in [1.82, 2.24) is 19.7 Å². The number of aromatic nitrogens is 4. The van der Waals surface area contributed by atoms with Gasteiger partial charge < -0.3 is 9.88 Å². The fourth-order valence-electron chi connectivity index (χ4n) is 2.36. The van der Waals surface area contributed by atoms with E-state index in [1.807, 2.05) is 30.5 Å². The molecule has 3 aromatic rings. The van der Waals surface area contributed by atoms with Crippen molar-refractivity contribution in [3.63, 3.8) is 0 Å². The zero-order valence-corrected chi connectivity index (χ0v) is 16.0. The van der Waals surface area contributed by atoms with E-state index in [0.717, 1.165) is 11.4 Å². The van der Waals surface area contributed by atoms with E-state index < -0.39 is 0 Å². The Kier molecular flexibility index (Phi) is 5.90. The maximum atomic E-state index is 12.4. The van der Waals surface area contributed by atoms with Gasteiger partial charge in [-0.3, -0.25) is 9.78 Å². The number of thioether (sulfide) groups is 1. The average Bonchev–Trinajstić information content (AvgIpc) is 3.06. The zero-order valence-electron chi connectivity index (χ0n) is 14.4. The van der Waals surface area contributed by atoms with Crippen LogP contribution < -0.4 is 5.32 Å². The number of anilines is 1. The highest BCUT2D eigenvalue weighted by Crippen LogP contribution is 2.27. The number of carbonyl (C=O) groups excluding carboxylic acids is 1. The summed E-state index contributed by atoms with van der Waals surface area (Å²) in [6, 6.07) is 10.8. The number of hydrogen-bond acceptors (Lipinski definition) is 5. The van der Waals surface area contributed by atoms with E-state index >= 15 is 0 Å². The number of rotatable bonds is 6. The number of nitrogens with one attached hydrogen (secondary N) is 1. The first-order valence-corrected chi connectivity index (χ1v) is 9.41. The van der Waals surface area contributed by atoms with E-state index in [-0.39, 0.29) is 11.2 Å². The molecular weight excluding hydrogens is 370 g/mol. The van der Waals surface area contributed by atoms with Crippen LogP contribution in [0.4, 0.5) is 5.69 Å². The molecule has 8 heteroatoms. The fraction of sp³-hybridized carbons (Fsp3) is 0.222. The zero-order chi connectivity index (χ0) is 18.5. The van der Waals surface area contributed by atoms with Crippen LogP contribution in [0.15, 0.2) is 53.9 Å². The number of halogens is 1. The van der Waals surface area contributed by atoms with Crippen LogP contribution in [-0.4, -0.2) is 30.9 Å². The lowest BCUT2D eigenvalue weighted by atomic mass is 10.2. The molecule has 1 aromatic carbocycles. The molecule has 1 amide bonds. The van der Waals surface area contributed by atoms with Crippen molar-refractivity contribution in [2.24, 2.45) is 0 Å². The predicted molar refractivity (Wildman–Crippen MR) is 104 cm³/mol. The second-order valence-corrected chi connectivity index (χ2v) is 7.29. The van der Waals surface area contributed by atoms with E-state index in [0.29, 0.717) is 22.4 Å². The van der Waals surface area contributed by atoms with Crippen molar-refractivity contribution < 1.29 is 4.79 Å². The Labute approximate surface area is 161 Å². The lowest BCUT2D eigenvalue weighted by molar-refractivity contribution is -0.115. The van der Waals surface area contributed by atoms with Crippen molar-refractivity contribution in [2.75, 3.05) is 5.32 Å². The monoisotopic (exact) mass is 387 g/mol. The molecule has 3 rings (SSSR count). The maximum absolute atomic E-state index is 12.4. The minimum absolute atomic E-state index is 0.103. The summed E-state index contributed by atoms with van der Waals surface area (Å²) < 4.78 is 1.99. The minimum atomic E-state index is -0.328. The Hall–Kier alpha value is -2.38. The highest BCUT2D eigenvalue weighted by atomic mass is 35.5. The van der Waals surface area contributed by atoms with Gasteiger partial charge in [-0.05, 0) is 50.2 Å². The normalized spacial score (nSPS) is 12.0. The van der Waals surface area contributed by atoms with Crippen molar-refractivity contribution >= 4 is 35.0 Å². The van der Waals surface area contributed by atoms with Gasteiger partial charge in [-0.2, -0.15) is 0 Å². The molecule has 0 aliphatic rings. The molecule has 0 spiro atoms. The molecule has 1 N–H and O–H groups in total. The van der Waals surface area contributed by atoms with Gasteiger partial charge in [-0.15, -0.1) is 10.2 Å². The Morgan fingerprint density at radius 1 is 1.19 bits per heavy atom. The van der Waals surface area contributed by atoms with Crippen molar-refractivity contribution in [2.45, 2.75) is 30.8 Å². The largest absolute Gasteiger partial charge is 0.325 e. The summed E-state index contributed by atoms with van der Waals surface area (Å²) in [7, 11) is 0. The molecule has 0 fully saturated rings. The van der Waals surface area contributed by atoms with Crippen LogP contribution in [0.3, 0.4) is 0 Å². The summed E-state index contributed by atoms with van der Waals surface area (Å²) in [6.45, 7) is 4.58. The lowest BCUT2D eigenvalue weighted by Gasteiger charge is -2.13. The molecule has 2 heterocycles. The molecule has 0 unspecified atom stereocenters. The Balaban J connectivity index is 1.73. The third-order valence-corrected chi connectivity index (χ3v) is 5.07. The van der Waals surface area contributed by atoms with Gasteiger partial charge in [0.05, 0.1) is 5.25 Å². The second kappa shape index (κ2) is 8.33. The van der Waals surface area contributed by atoms with Gasteiger partial charge in [0, 0.05) is 35.2 Å². The summed E-state index contributed by atoms with van der Waals surface area (Å²) in [5.74, 6) is 0.663. The van der Waals surface area contributed by atoms with Crippen LogP contribution >= 0.6 is 23.4 Å². The van der Waals surface area contributed by atoms with Gasteiger partial charge in [-0.25, -0.2) is 0 Å². The molecule has 0 radical (unpaired) electrons. The topological polar surface area (TPSA) is 72.7 Å². The number of pyridine rings is 1. The van der Waals surface area contributed by atoms with Gasteiger partial charge in [0.25, 0.3) is 0 Å². The molecule has 0 saturated heterocycles. The van der Waals surface area contributed by atoms with Crippen LogP contribution in [0, 0.1) is 0 Å².